The minimum Gasteiger partial charge on any atom is -0.484 e. The zero-order valence-electron chi connectivity index (χ0n) is 12.7. The lowest BCUT2D eigenvalue weighted by Gasteiger charge is -2.30. The summed E-state index contributed by atoms with van der Waals surface area (Å²) in [6, 6.07) is 7.89. The van der Waals surface area contributed by atoms with E-state index in [4.69, 9.17) is 4.74 Å². The number of hydrogen-bond acceptors (Lipinski definition) is 3. The first-order valence-electron chi connectivity index (χ1n) is 7.85. The highest BCUT2D eigenvalue weighted by molar-refractivity contribution is 5.77. The zero-order valence-corrected chi connectivity index (χ0v) is 12.7. The first kappa shape index (κ1) is 15.8. The number of ether oxygens (including phenoxy) is 1. The maximum atomic E-state index is 12.0. The summed E-state index contributed by atoms with van der Waals surface area (Å²) < 4.78 is 5.50. The molecule has 1 aromatic rings. The van der Waals surface area contributed by atoms with Gasteiger partial charge in [-0.05, 0) is 37.0 Å². The molecular weight excluding hydrogens is 266 g/mol. The number of carbonyl (C=O) groups is 1. The van der Waals surface area contributed by atoms with E-state index in [-0.39, 0.29) is 31.1 Å². The van der Waals surface area contributed by atoms with Gasteiger partial charge in [-0.25, -0.2) is 0 Å². The van der Waals surface area contributed by atoms with Crippen LogP contribution in [0.3, 0.4) is 0 Å². The van der Waals surface area contributed by atoms with Crippen LogP contribution >= 0.6 is 0 Å². The molecule has 2 N–H and O–H groups in total. The molecule has 21 heavy (non-hydrogen) atoms. The minimum atomic E-state index is -0.111. The summed E-state index contributed by atoms with van der Waals surface area (Å²) in [5.74, 6) is 0.788. The van der Waals surface area contributed by atoms with Crippen LogP contribution in [0.25, 0.3) is 0 Å². The zero-order chi connectivity index (χ0) is 15.1. The second kappa shape index (κ2) is 8.03. The van der Waals surface area contributed by atoms with Gasteiger partial charge in [-0.1, -0.05) is 31.9 Å². The van der Waals surface area contributed by atoms with Crippen LogP contribution in [-0.2, 0) is 11.2 Å². The van der Waals surface area contributed by atoms with Crippen LogP contribution in [0.5, 0.6) is 5.75 Å². The van der Waals surface area contributed by atoms with Crippen molar-refractivity contribution in [3.63, 3.8) is 0 Å². The lowest BCUT2D eigenvalue weighted by Crippen LogP contribution is -2.45. The maximum absolute atomic E-state index is 12.0. The molecule has 1 saturated carbocycles. The number of carbonyl (C=O) groups excluding carboxylic acids is 1. The molecule has 0 spiro atoms. The summed E-state index contributed by atoms with van der Waals surface area (Å²) in [4.78, 5) is 12.0. The van der Waals surface area contributed by atoms with Gasteiger partial charge in [0.1, 0.15) is 5.75 Å². The van der Waals surface area contributed by atoms with Crippen molar-refractivity contribution in [2.24, 2.45) is 5.92 Å². The Morgan fingerprint density at radius 3 is 2.67 bits per heavy atom. The van der Waals surface area contributed by atoms with Crippen molar-refractivity contribution >= 4 is 5.91 Å². The number of aryl methyl sites for hydroxylation is 1. The largest absolute Gasteiger partial charge is 0.484 e. The smallest absolute Gasteiger partial charge is 0.258 e. The highest BCUT2D eigenvalue weighted by atomic mass is 16.5. The van der Waals surface area contributed by atoms with Crippen LogP contribution in [0.1, 0.15) is 38.2 Å². The van der Waals surface area contributed by atoms with Crippen LogP contribution in [0.15, 0.2) is 24.3 Å². The van der Waals surface area contributed by atoms with Gasteiger partial charge in [0.2, 0.25) is 0 Å². The molecule has 116 valence electrons. The lowest BCUT2D eigenvalue weighted by atomic mass is 9.85. The SMILES string of the molecule is CCc1ccc(OCC(=O)NC2CCCCC2CO)cc1. The van der Waals surface area contributed by atoms with E-state index in [1.807, 2.05) is 24.3 Å². The molecule has 0 aliphatic heterocycles. The summed E-state index contributed by atoms with van der Waals surface area (Å²) in [5.41, 5.74) is 1.25. The topological polar surface area (TPSA) is 58.6 Å². The predicted octanol–water partition coefficient (Wildman–Crippen LogP) is 2.30. The van der Waals surface area contributed by atoms with Crippen LogP contribution in [-0.4, -0.2) is 30.3 Å². The molecule has 1 aromatic carbocycles. The molecule has 0 saturated heterocycles. The third kappa shape index (κ3) is 4.74. The molecule has 0 heterocycles. The van der Waals surface area contributed by atoms with Crippen molar-refractivity contribution in [2.75, 3.05) is 13.2 Å². The highest BCUT2D eigenvalue weighted by Crippen LogP contribution is 2.23. The van der Waals surface area contributed by atoms with Gasteiger partial charge in [0.15, 0.2) is 6.61 Å². The molecule has 1 aliphatic carbocycles. The average Bonchev–Trinajstić information content (AvgIpc) is 2.54. The molecule has 2 unspecified atom stereocenters. The summed E-state index contributed by atoms with van der Waals surface area (Å²) >= 11 is 0. The Morgan fingerprint density at radius 2 is 2.00 bits per heavy atom. The van der Waals surface area contributed by atoms with Crippen molar-refractivity contribution < 1.29 is 14.6 Å². The number of aliphatic hydroxyl groups is 1. The Morgan fingerprint density at radius 1 is 1.29 bits per heavy atom. The van der Waals surface area contributed by atoms with Gasteiger partial charge in [0, 0.05) is 18.6 Å². The van der Waals surface area contributed by atoms with Gasteiger partial charge < -0.3 is 15.2 Å². The van der Waals surface area contributed by atoms with Gasteiger partial charge in [-0.3, -0.25) is 4.79 Å². The molecule has 2 atom stereocenters. The normalized spacial score (nSPS) is 21.8. The number of hydrogen-bond donors (Lipinski definition) is 2. The standard InChI is InChI=1S/C17H25NO3/c1-2-13-7-9-15(10-8-13)21-12-17(20)18-16-6-4-3-5-14(16)11-19/h7-10,14,16,19H,2-6,11-12H2,1H3,(H,18,20). The minimum absolute atomic E-state index is 0.0279. The number of nitrogens with one attached hydrogen (secondary N) is 1. The summed E-state index contributed by atoms with van der Waals surface area (Å²) in [6.07, 6.45) is 5.17. The van der Waals surface area contributed by atoms with Gasteiger partial charge in [0.05, 0.1) is 0 Å². The quantitative estimate of drug-likeness (QED) is 0.845. The molecule has 4 heteroatoms. The number of amides is 1. The van der Waals surface area contributed by atoms with E-state index in [1.54, 1.807) is 0 Å². The second-order valence-corrected chi connectivity index (χ2v) is 5.69. The van der Waals surface area contributed by atoms with Crippen molar-refractivity contribution in [2.45, 2.75) is 45.1 Å². The molecular formula is C17H25NO3. The van der Waals surface area contributed by atoms with Crippen LogP contribution < -0.4 is 10.1 Å². The Kier molecular flexibility index (Phi) is 6.05. The summed E-state index contributed by atoms with van der Waals surface area (Å²) in [5, 5.41) is 12.3. The second-order valence-electron chi connectivity index (χ2n) is 5.69. The first-order chi connectivity index (χ1) is 10.2. The Hall–Kier alpha value is -1.55. The predicted molar refractivity (Wildman–Crippen MR) is 82.3 cm³/mol. The summed E-state index contributed by atoms with van der Waals surface area (Å²) in [6.45, 7) is 2.27. The van der Waals surface area contributed by atoms with Gasteiger partial charge in [-0.2, -0.15) is 0 Å². The third-order valence-electron chi connectivity index (χ3n) is 4.19. The van der Waals surface area contributed by atoms with E-state index < -0.39 is 0 Å². The molecule has 1 aliphatic rings. The van der Waals surface area contributed by atoms with E-state index >= 15 is 0 Å². The monoisotopic (exact) mass is 291 g/mol. The van der Waals surface area contributed by atoms with Crippen molar-refractivity contribution in [3.8, 4) is 5.75 Å². The van der Waals surface area contributed by atoms with Gasteiger partial charge in [-0.15, -0.1) is 0 Å². The fourth-order valence-corrected chi connectivity index (χ4v) is 2.83. The summed E-state index contributed by atoms with van der Waals surface area (Å²) in [7, 11) is 0. The molecule has 1 amide bonds. The molecule has 0 aromatic heterocycles. The van der Waals surface area contributed by atoms with Crippen molar-refractivity contribution in [1.82, 2.24) is 5.32 Å². The fraction of sp³-hybridized carbons (Fsp3) is 0.588. The molecule has 2 rings (SSSR count). The van der Waals surface area contributed by atoms with Crippen molar-refractivity contribution in [1.29, 1.82) is 0 Å². The Balaban J connectivity index is 1.78. The Labute approximate surface area is 126 Å². The van der Waals surface area contributed by atoms with Crippen molar-refractivity contribution in [3.05, 3.63) is 29.8 Å². The number of aliphatic hydroxyl groups excluding tert-OH is 1. The Bertz CT molecular complexity index is 444. The lowest BCUT2D eigenvalue weighted by molar-refractivity contribution is -0.124. The maximum Gasteiger partial charge on any atom is 0.258 e. The van der Waals surface area contributed by atoms with E-state index in [1.165, 1.54) is 5.56 Å². The van der Waals surface area contributed by atoms with E-state index in [0.717, 1.165) is 32.1 Å². The first-order valence-corrected chi connectivity index (χ1v) is 7.85. The number of benzene rings is 1. The number of rotatable bonds is 6. The molecule has 4 nitrogen and oxygen atoms in total. The fourth-order valence-electron chi connectivity index (χ4n) is 2.83. The van der Waals surface area contributed by atoms with Crippen LogP contribution in [0.4, 0.5) is 0 Å². The molecule has 1 fully saturated rings. The highest BCUT2D eigenvalue weighted by Gasteiger charge is 2.25. The van der Waals surface area contributed by atoms with Gasteiger partial charge in [0.25, 0.3) is 5.91 Å². The van der Waals surface area contributed by atoms with E-state index in [2.05, 4.69) is 12.2 Å². The van der Waals surface area contributed by atoms with Crippen LogP contribution in [0, 0.1) is 5.92 Å². The van der Waals surface area contributed by atoms with E-state index in [0.29, 0.717) is 5.75 Å². The third-order valence-corrected chi connectivity index (χ3v) is 4.19. The molecule has 0 radical (unpaired) electrons. The van der Waals surface area contributed by atoms with Crippen LogP contribution in [0.2, 0.25) is 0 Å². The molecule has 0 bridgehead atoms. The average molecular weight is 291 g/mol. The van der Waals surface area contributed by atoms with Gasteiger partial charge >= 0.3 is 0 Å². The van der Waals surface area contributed by atoms with E-state index in [9.17, 15) is 9.90 Å².